The van der Waals surface area contributed by atoms with Gasteiger partial charge < -0.3 is 10.1 Å². The summed E-state index contributed by atoms with van der Waals surface area (Å²) in [5.74, 6) is -0.426. The Hall–Kier alpha value is -2.80. The molecule has 2 aromatic carbocycles. The van der Waals surface area contributed by atoms with Gasteiger partial charge in [-0.25, -0.2) is 4.79 Å². The van der Waals surface area contributed by atoms with Crippen LogP contribution in [0.4, 0.5) is 24.5 Å². The van der Waals surface area contributed by atoms with E-state index in [4.69, 9.17) is 16.3 Å². The molecule has 0 unspecified atom stereocenters. The summed E-state index contributed by atoms with van der Waals surface area (Å²) in [6.07, 6.45) is -3.15. The van der Waals surface area contributed by atoms with E-state index in [1.165, 1.54) is 12.3 Å². The summed E-state index contributed by atoms with van der Waals surface area (Å²) in [7, 11) is 0. The highest BCUT2D eigenvalue weighted by molar-refractivity contribution is 6.32. The number of carbonyl (C=O) groups excluding carboxylic acids is 1. The molecule has 8 heteroatoms. The fraction of sp³-hybridized carbons (Fsp3) is 0.158. The molecular formula is C19H14ClF3N2O2. The third-order valence-electron chi connectivity index (χ3n) is 3.81. The number of aromatic nitrogens is 1. The number of benzene rings is 2. The maximum atomic E-state index is 13.0. The molecule has 4 nitrogen and oxygen atoms in total. The minimum atomic E-state index is -4.56. The predicted octanol–water partition coefficient (Wildman–Crippen LogP) is 5.83. The molecule has 27 heavy (non-hydrogen) atoms. The van der Waals surface area contributed by atoms with E-state index in [1.807, 2.05) is 0 Å². The standard InChI is InChI=1S/C19H14ClF3N2O2/c1-2-27-18(26)11-3-5-12(6-4-11)25-16-7-8-24-17-10-14(19(21,22)23)15(20)9-13(16)17/h3-10H,2H2,1H3,(H,24,25). The van der Waals surface area contributed by atoms with Crippen LogP contribution in [-0.2, 0) is 10.9 Å². The van der Waals surface area contributed by atoms with E-state index < -0.39 is 22.7 Å². The first kappa shape index (κ1) is 19.0. The molecule has 0 spiro atoms. The lowest BCUT2D eigenvalue weighted by Gasteiger charge is -2.13. The molecule has 0 atom stereocenters. The molecule has 1 aromatic heterocycles. The van der Waals surface area contributed by atoms with Crippen LogP contribution in [0.25, 0.3) is 10.9 Å². The van der Waals surface area contributed by atoms with Crippen LogP contribution in [-0.4, -0.2) is 17.6 Å². The smallest absolute Gasteiger partial charge is 0.417 e. The fourth-order valence-electron chi connectivity index (χ4n) is 2.55. The third-order valence-corrected chi connectivity index (χ3v) is 4.12. The highest BCUT2D eigenvalue weighted by Crippen LogP contribution is 2.38. The van der Waals surface area contributed by atoms with Crippen LogP contribution in [0.5, 0.6) is 0 Å². The summed E-state index contributed by atoms with van der Waals surface area (Å²) >= 11 is 5.82. The van der Waals surface area contributed by atoms with Crippen molar-refractivity contribution in [2.24, 2.45) is 0 Å². The number of nitrogens with zero attached hydrogens (tertiary/aromatic N) is 1. The monoisotopic (exact) mass is 394 g/mol. The van der Waals surface area contributed by atoms with Crippen LogP contribution in [0.1, 0.15) is 22.8 Å². The van der Waals surface area contributed by atoms with Crippen molar-refractivity contribution in [1.82, 2.24) is 4.98 Å². The van der Waals surface area contributed by atoms with Crippen molar-refractivity contribution in [2.75, 3.05) is 11.9 Å². The zero-order valence-electron chi connectivity index (χ0n) is 14.1. The van der Waals surface area contributed by atoms with Crippen molar-refractivity contribution in [2.45, 2.75) is 13.1 Å². The summed E-state index contributed by atoms with van der Waals surface area (Å²) in [4.78, 5) is 15.7. The lowest BCUT2D eigenvalue weighted by atomic mass is 10.1. The highest BCUT2D eigenvalue weighted by atomic mass is 35.5. The van der Waals surface area contributed by atoms with Gasteiger partial charge >= 0.3 is 12.1 Å². The molecule has 3 rings (SSSR count). The van der Waals surface area contributed by atoms with E-state index in [9.17, 15) is 18.0 Å². The maximum absolute atomic E-state index is 13.0. The first-order chi connectivity index (χ1) is 12.8. The Morgan fingerprint density at radius 1 is 1.19 bits per heavy atom. The molecule has 0 amide bonds. The van der Waals surface area contributed by atoms with Gasteiger partial charge in [0.2, 0.25) is 0 Å². The molecular weight excluding hydrogens is 381 g/mol. The third kappa shape index (κ3) is 4.14. The van der Waals surface area contributed by atoms with Crippen LogP contribution in [0.3, 0.4) is 0 Å². The molecule has 3 aromatic rings. The highest BCUT2D eigenvalue weighted by Gasteiger charge is 2.33. The van der Waals surface area contributed by atoms with Gasteiger partial charge in [-0.15, -0.1) is 0 Å². The number of hydrogen-bond acceptors (Lipinski definition) is 4. The average molecular weight is 395 g/mol. The Morgan fingerprint density at radius 3 is 2.52 bits per heavy atom. The summed E-state index contributed by atoms with van der Waals surface area (Å²) in [5, 5.41) is 3.15. The van der Waals surface area contributed by atoms with Gasteiger partial charge in [0.05, 0.1) is 28.3 Å². The van der Waals surface area contributed by atoms with Crippen LogP contribution in [0, 0.1) is 0 Å². The topological polar surface area (TPSA) is 51.2 Å². The molecule has 0 saturated heterocycles. The molecule has 0 saturated carbocycles. The van der Waals surface area contributed by atoms with Gasteiger partial charge in [-0.05, 0) is 49.4 Å². The van der Waals surface area contributed by atoms with Crippen molar-refractivity contribution in [3.05, 3.63) is 64.8 Å². The number of esters is 1. The maximum Gasteiger partial charge on any atom is 0.417 e. The first-order valence-electron chi connectivity index (χ1n) is 7.99. The van der Waals surface area contributed by atoms with Crippen LogP contribution in [0.2, 0.25) is 5.02 Å². The van der Waals surface area contributed by atoms with Gasteiger partial charge in [-0.3, -0.25) is 4.98 Å². The molecule has 1 N–H and O–H groups in total. The van der Waals surface area contributed by atoms with Crippen LogP contribution in [0.15, 0.2) is 48.7 Å². The van der Waals surface area contributed by atoms with Crippen molar-refractivity contribution >= 4 is 39.8 Å². The number of alkyl halides is 3. The molecule has 0 bridgehead atoms. The Kier molecular flexibility index (Phi) is 5.23. The number of hydrogen-bond donors (Lipinski definition) is 1. The normalized spacial score (nSPS) is 11.4. The second-order valence-corrected chi connectivity index (χ2v) is 6.04. The molecule has 0 aliphatic rings. The van der Waals surface area contributed by atoms with Gasteiger partial charge in [-0.1, -0.05) is 11.6 Å². The quantitative estimate of drug-likeness (QED) is 0.566. The zero-order valence-corrected chi connectivity index (χ0v) is 14.9. The van der Waals surface area contributed by atoms with Gasteiger partial charge in [0.15, 0.2) is 0 Å². The largest absolute Gasteiger partial charge is 0.462 e. The molecule has 140 valence electrons. The van der Waals surface area contributed by atoms with Crippen LogP contribution < -0.4 is 5.32 Å². The Labute approximate surface area is 157 Å². The number of carbonyl (C=O) groups is 1. The van der Waals surface area contributed by atoms with Gasteiger partial charge in [0.25, 0.3) is 0 Å². The van der Waals surface area contributed by atoms with Crippen molar-refractivity contribution in [1.29, 1.82) is 0 Å². The van der Waals surface area contributed by atoms with Gasteiger partial charge in [0, 0.05) is 23.0 Å². The van der Waals surface area contributed by atoms with Crippen molar-refractivity contribution < 1.29 is 22.7 Å². The molecule has 0 aliphatic carbocycles. The van der Waals surface area contributed by atoms with E-state index in [-0.39, 0.29) is 12.1 Å². The fourth-order valence-corrected chi connectivity index (χ4v) is 2.82. The van der Waals surface area contributed by atoms with E-state index in [1.54, 1.807) is 37.3 Å². The minimum absolute atomic E-state index is 0.167. The number of fused-ring (bicyclic) bond motifs is 1. The van der Waals surface area contributed by atoms with Crippen molar-refractivity contribution in [3.63, 3.8) is 0 Å². The first-order valence-corrected chi connectivity index (χ1v) is 8.37. The van der Waals surface area contributed by atoms with Crippen molar-refractivity contribution in [3.8, 4) is 0 Å². The van der Waals surface area contributed by atoms with Gasteiger partial charge in [0.1, 0.15) is 0 Å². The molecule has 0 aliphatic heterocycles. The Balaban J connectivity index is 1.93. The van der Waals surface area contributed by atoms with E-state index in [0.717, 1.165) is 6.07 Å². The summed E-state index contributed by atoms with van der Waals surface area (Å²) in [5.41, 5.74) is 0.825. The summed E-state index contributed by atoms with van der Waals surface area (Å²) < 4.78 is 44.0. The number of rotatable bonds is 4. The lowest BCUT2D eigenvalue weighted by molar-refractivity contribution is -0.137. The van der Waals surface area contributed by atoms with Crippen LogP contribution >= 0.6 is 11.6 Å². The molecule has 1 heterocycles. The minimum Gasteiger partial charge on any atom is -0.462 e. The van der Waals surface area contributed by atoms with Gasteiger partial charge in [-0.2, -0.15) is 13.2 Å². The number of anilines is 2. The predicted molar refractivity (Wildman–Crippen MR) is 97.4 cm³/mol. The van der Waals surface area contributed by atoms with E-state index >= 15 is 0 Å². The molecule has 0 fully saturated rings. The number of nitrogens with one attached hydrogen (secondary N) is 1. The summed E-state index contributed by atoms with van der Waals surface area (Å²) in [6.45, 7) is 2.00. The second kappa shape index (κ2) is 7.44. The summed E-state index contributed by atoms with van der Waals surface area (Å²) in [6, 6.07) is 10.3. The zero-order chi connectivity index (χ0) is 19.6. The average Bonchev–Trinajstić information content (AvgIpc) is 2.62. The number of halogens is 4. The lowest BCUT2D eigenvalue weighted by Crippen LogP contribution is -2.06. The number of ether oxygens (including phenoxy) is 1. The SMILES string of the molecule is CCOC(=O)c1ccc(Nc2ccnc3cc(C(F)(F)F)c(Cl)cc23)cc1. The number of pyridine rings is 1. The Morgan fingerprint density at radius 2 is 1.89 bits per heavy atom. The second-order valence-electron chi connectivity index (χ2n) is 5.63. The Bertz CT molecular complexity index is 989. The van der Waals surface area contributed by atoms with E-state index in [0.29, 0.717) is 22.3 Å². The van der Waals surface area contributed by atoms with E-state index in [2.05, 4.69) is 10.3 Å². The molecule has 0 radical (unpaired) electrons.